The Balaban J connectivity index is 0.00000165. The normalized spacial score (nSPS) is 17.8. The quantitative estimate of drug-likeness (QED) is 0.218. The number of H-pyrrole nitrogens is 1. The molecule has 3 heterocycles. The summed E-state index contributed by atoms with van der Waals surface area (Å²) in [7, 11) is 0. The van der Waals surface area contributed by atoms with Crippen LogP contribution in [-0.4, -0.2) is 45.2 Å². The van der Waals surface area contributed by atoms with Crippen molar-refractivity contribution in [2.45, 2.75) is 32.4 Å². The van der Waals surface area contributed by atoms with Gasteiger partial charge in [0.1, 0.15) is 23.9 Å². The highest BCUT2D eigenvalue weighted by atomic mass is 35.5. The van der Waals surface area contributed by atoms with E-state index in [9.17, 15) is 9.90 Å². The first-order valence-electron chi connectivity index (χ1n) is 13.4. The van der Waals surface area contributed by atoms with Crippen molar-refractivity contribution >= 4 is 39.9 Å². The zero-order chi connectivity index (χ0) is 28.9. The number of phenolic OH excluding ortho intramolecular Hbond substituents is 1. The Hall–Kier alpha value is -3.95. The van der Waals surface area contributed by atoms with Gasteiger partial charge in [0.2, 0.25) is 0 Å². The van der Waals surface area contributed by atoms with Gasteiger partial charge >= 0.3 is 6.09 Å². The summed E-state index contributed by atoms with van der Waals surface area (Å²) in [5.41, 5.74) is 3.36. The van der Waals surface area contributed by atoms with Crippen molar-refractivity contribution in [3.63, 3.8) is 0 Å². The molecule has 3 N–H and O–H groups in total. The SMILES string of the molecule is CCl.Cc1cn(CCOC2=CCC(C3c4[nH]c5ccccc5c4CCN3C(=O)Oc3ccc(O)cc3)C=C2)c(=N)s1. The molecule has 1 amide bonds. The fourth-order valence-corrected chi connectivity index (χ4v) is 6.24. The van der Waals surface area contributed by atoms with Crippen LogP contribution in [0, 0.1) is 18.3 Å². The monoisotopic (exact) mass is 592 g/mol. The molecule has 214 valence electrons. The van der Waals surface area contributed by atoms with Crippen molar-refractivity contribution in [3.05, 3.63) is 99.7 Å². The summed E-state index contributed by atoms with van der Waals surface area (Å²) < 4.78 is 13.6. The number of ether oxygens (including phenoxy) is 2. The van der Waals surface area contributed by atoms with E-state index in [4.69, 9.17) is 14.9 Å². The van der Waals surface area contributed by atoms with Crippen molar-refractivity contribution < 1.29 is 19.4 Å². The Kier molecular flexibility index (Phi) is 8.85. The number of carbonyl (C=O) groups excluding carboxylic acids is 1. The number of benzene rings is 2. The molecule has 0 fully saturated rings. The number of phenols is 1. The van der Waals surface area contributed by atoms with Crippen LogP contribution in [0.4, 0.5) is 4.79 Å². The second kappa shape index (κ2) is 12.7. The largest absolute Gasteiger partial charge is 0.508 e. The molecule has 2 aromatic carbocycles. The van der Waals surface area contributed by atoms with Gasteiger partial charge in [0.25, 0.3) is 0 Å². The summed E-state index contributed by atoms with van der Waals surface area (Å²) in [6.45, 7) is 3.64. The summed E-state index contributed by atoms with van der Waals surface area (Å²) in [5, 5.41) is 18.8. The van der Waals surface area contributed by atoms with Crippen LogP contribution in [0.25, 0.3) is 10.9 Å². The number of allylic oxidation sites excluding steroid dienone is 2. The van der Waals surface area contributed by atoms with Gasteiger partial charge in [-0.15, -0.1) is 22.9 Å². The number of aromatic amines is 1. The zero-order valence-corrected chi connectivity index (χ0v) is 24.5. The van der Waals surface area contributed by atoms with Crippen LogP contribution in [0.3, 0.4) is 0 Å². The van der Waals surface area contributed by atoms with Gasteiger partial charge < -0.3 is 24.1 Å². The molecular weight excluding hydrogens is 560 g/mol. The number of fused-ring (bicyclic) bond motifs is 3. The average molecular weight is 593 g/mol. The lowest BCUT2D eigenvalue weighted by Gasteiger charge is -2.39. The smallest absolute Gasteiger partial charge is 0.415 e. The van der Waals surface area contributed by atoms with Crippen molar-refractivity contribution in [2.75, 3.05) is 19.5 Å². The maximum absolute atomic E-state index is 13.4. The summed E-state index contributed by atoms with van der Waals surface area (Å²) in [4.78, 5) is 20.5. The predicted molar refractivity (Wildman–Crippen MR) is 162 cm³/mol. The molecule has 2 aliphatic rings. The van der Waals surface area contributed by atoms with E-state index in [2.05, 4.69) is 40.9 Å². The summed E-state index contributed by atoms with van der Waals surface area (Å²) in [6.07, 6.45) is 10.7. The molecule has 6 rings (SSSR count). The van der Waals surface area contributed by atoms with Crippen molar-refractivity contribution in [2.24, 2.45) is 5.92 Å². The van der Waals surface area contributed by atoms with Crippen molar-refractivity contribution in [1.29, 1.82) is 5.41 Å². The number of alkyl halides is 1. The number of nitrogens with zero attached hydrogens (tertiary/aromatic N) is 2. The predicted octanol–water partition coefficient (Wildman–Crippen LogP) is 6.65. The molecule has 0 saturated heterocycles. The number of aromatic nitrogens is 2. The van der Waals surface area contributed by atoms with Crippen molar-refractivity contribution in [1.82, 2.24) is 14.5 Å². The van der Waals surface area contributed by atoms with E-state index in [-0.39, 0.29) is 17.7 Å². The first-order valence-corrected chi connectivity index (χ1v) is 15.0. The number of thiazole rings is 1. The molecule has 1 aliphatic carbocycles. The van der Waals surface area contributed by atoms with E-state index in [1.165, 1.54) is 40.8 Å². The maximum Gasteiger partial charge on any atom is 0.415 e. The van der Waals surface area contributed by atoms with E-state index < -0.39 is 6.09 Å². The number of nitrogens with one attached hydrogen (secondary N) is 2. The van der Waals surface area contributed by atoms with Crippen LogP contribution in [0.2, 0.25) is 0 Å². The Bertz CT molecular complexity index is 1640. The second-order valence-corrected chi connectivity index (χ2v) is 11.1. The highest BCUT2D eigenvalue weighted by Gasteiger charge is 2.38. The number of rotatable bonds is 6. The minimum Gasteiger partial charge on any atom is -0.508 e. The fraction of sp³-hybridized carbons (Fsp3) is 0.290. The van der Waals surface area contributed by atoms with Crippen LogP contribution in [-0.2, 0) is 17.7 Å². The molecule has 0 radical (unpaired) electrons. The van der Waals surface area contributed by atoms with Crippen LogP contribution in [0.1, 0.15) is 28.6 Å². The number of hydrogen-bond acceptors (Lipinski definition) is 6. The molecule has 4 aromatic rings. The van der Waals surface area contributed by atoms with Gasteiger partial charge in [-0.25, -0.2) is 4.79 Å². The molecule has 0 spiro atoms. The van der Waals surface area contributed by atoms with Gasteiger partial charge in [-0.2, -0.15) is 0 Å². The molecule has 2 aromatic heterocycles. The second-order valence-electron chi connectivity index (χ2n) is 9.87. The van der Waals surface area contributed by atoms with Gasteiger partial charge in [0.15, 0.2) is 4.80 Å². The summed E-state index contributed by atoms with van der Waals surface area (Å²) in [6, 6.07) is 14.2. The molecular formula is C31H33ClN4O4S. The highest BCUT2D eigenvalue weighted by Crippen LogP contribution is 2.42. The number of carbonyl (C=O) groups is 1. The van der Waals surface area contributed by atoms with Crippen LogP contribution >= 0.6 is 22.9 Å². The number of halogens is 1. The van der Waals surface area contributed by atoms with E-state index >= 15 is 0 Å². The third-order valence-electron chi connectivity index (χ3n) is 7.32. The third kappa shape index (κ3) is 6.21. The molecule has 1 aliphatic heterocycles. The molecule has 0 bridgehead atoms. The van der Waals surface area contributed by atoms with Crippen molar-refractivity contribution in [3.8, 4) is 11.5 Å². The highest BCUT2D eigenvalue weighted by molar-refractivity contribution is 7.09. The minimum absolute atomic E-state index is 0.0329. The van der Waals surface area contributed by atoms with Gasteiger partial charge in [-0.3, -0.25) is 10.3 Å². The van der Waals surface area contributed by atoms with Crippen LogP contribution in [0.15, 0.2) is 78.7 Å². The Labute approximate surface area is 247 Å². The number of aromatic hydroxyl groups is 1. The molecule has 0 saturated carbocycles. The number of hydrogen-bond donors (Lipinski definition) is 3. The van der Waals surface area contributed by atoms with Gasteiger partial charge in [0.05, 0.1) is 12.6 Å². The number of amides is 1. The van der Waals surface area contributed by atoms with Crippen LogP contribution < -0.4 is 9.54 Å². The molecule has 2 atom stereocenters. The lowest BCUT2D eigenvalue weighted by atomic mass is 9.84. The van der Waals surface area contributed by atoms with Crippen LogP contribution in [0.5, 0.6) is 11.5 Å². The molecule has 41 heavy (non-hydrogen) atoms. The molecule has 2 unspecified atom stereocenters. The van der Waals surface area contributed by atoms with E-state index in [0.29, 0.717) is 36.7 Å². The minimum atomic E-state index is -0.413. The summed E-state index contributed by atoms with van der Waals surface area (Å²) in [5.74, 6) is 1.35. The van der Waals surface area contributed by atoms with Gasteiger partial charge in [0, 0.05) is 46.5 Å². The maximum atomic E-state index is 13.4. The average Bonchev–Trinajstić information content (AvgIpc) is 3.53. The Morgan fingerprint density at radius 1 is 1.20 bits per heavy atom. The van der Waals surface area contributed by atoms with Gasteiger partial charge in [-0.05, 0) is 67.8 Å². The number of aryl methyl sites for hydroxylation is 1. The fourth-order valence-electron chi connectivity index (χ4n) is 5.50. The van der Waals surface area contributed by atoms with Gasteiger partial charge in [-0.1, -0.05) is 24.3 Å². The lowest BCUT2D eigenvalue weighted by Crippen LogP contribution is -2.44. The Morgan fingerprint density at radius 2 is 1.98 bits per heavy atom. The Morgan fingerprint density at radius 3 is 2.68 bits per heavy atom. The zero-order valence-electron chi connectivity index (χ0n) is 23.0. The third-order valence-corrected chi connectivity index (χ3v) is 8.17. The van der Waals surface area contributed by atoms with E-state index in [1.807, 2.05) is 40.8 Å². The standard InChI is InChI=1S/C30H30N4O4S.CH3Cl/c1-19-18-33(29(31)39-19)16-17-37-22-10-6-20(7-11-22)28-27-25(24-4-2-3-5-26(24)32-27)14-15-34(28)30(36)38-23-12-8-21(35)9-13-23;1-2/h2-6,8-13,18,20,28,31-32,35H,7,14-17H2,1H3;1H3. The van der Waals surface area contributed by atoms with E-state index in [0.717, 1.165) is 28.3 Å². The number of para-hydroxylation sites is 1. The topological polar surface area (TPSA) is 104 Å². The first kappa shape index (κ1) is 28.6. The molecule has 8 nitrogen and oxygen atoms in total. The van der Waals surface area contributed by atoms with E-state index in [1.54, 1.807) is 12.1 Å². The summed E-state index contributed by atoms with van der Waals surface area (Å²) >= 11 is 6.10. The molecule has 10 heteroatoms. The first-order chi connectivity index (χ1) is 20.0. The lowest BCUT2D eigenvalue weighted by molar-refractivity contribution is 0.110.